The van der Waals surface area contributed by atoms with E-state index in [1.54, 1.807) is 0 Å². The van der Waals surface area contributed by atoms with E-state index >= 15 is 0 Å². The maximum atomic E-state index is 5.97. The van der Waals surface area contributed by atoms with Gasteiger partial charge in [-0.2, -0.15) is 0 Å². The molecule has 21 heavy (non-hydrogen) atoms. The Kier molecular flexibility index (Phi) is 3.74. The lowest BCUT2D eigenvalue weighted by molar-refractivity contribution is 0.242. The fraction of sp³-hybridized carbons (Fsp3) is 0.333. The van der Waals surface area contributed by atoms with Gasteiger partial charge in [0.05, 0.1) is 6.10 Å². The van der Waals surface area contributed by atoms with Gasteiger partial charge in [-0.15, -0.1) is 0 Å². The number of hydrogen-bond donors (Lipinski definition) is 2. The van der Waals surface area contributed by atoms with Crippen molar-refractivity contribution in [1.82, 2.24) is 0 Å². The lowest BCUT2D eigenvalue weighted by atomic mass is 10.1. The van der Waals surface area contributed by atoms with Crippen molar-refractivity contribution < 1.29 is 4.74 Å². The average molecular weight is 282 g/mol. The molecule has 0 amide bonds. The Morgan fingerprint density at radius 1 is 1.10 bits per heavy atom. The maximum Gasteiger partial charge on any atom is 0.123 e. The van der Waals surface area contributed by atoms with Crippen LogP contribution in [-0.2, 0) is 12.8 Å². The number of ether oxygens (including phenoxy) is 1. The molecule has 2 aromatic carbocycles. The summed E-state index contributed by atoms with van der Waals surface area (Å²) in [6.07, 6.45) is 2.27. The van der Waals surface area contributed by atoms with Gasteiger partial charge in [0.15, 0.2) is 0 Å². The fourth-order valence-electron chi connectivity index (χ4n) is 2.94. The zero-order chi connectivity index (χ0) is 14.8. The summed E-state index contributed by atoms with van der Waals surface area (Å²) in [6.45, 7) is 4.04. The molecular formula is C18H22N2O. The van der Waals surface area contributed by atoms with Crippen LogP contribution >= 0.6 is 0 Å². The van der Waals surface area contributed by atoms with Crippen molar-refractivity contribution in [3.05, 3.63) is 53.6 Å². The van der Waals surface area contributed by atoms with Gasteiger partial charge < -0.3 is 15.8 Å². The van der Waals surface area contributed by atoms with Gasteiger partial charge in [0.25, 0.3) is 0 Å². The molecule has 0 aliphatic heterocycles. The van der Waals surface area contributed by atoms with Gasteiger partial charge in [-0.3, -0.25) is 0 Å². The number of nitrogens with one attached hydrogen (secondary N) is 1. The summed E-state index contributed by atoms with van der Waals surface area (Å²) >= 11 is 0. The summed E-state index contributed by atoms with van der Waals surface area (Å²) in [7, 11) is 0. The molecule has 1 aliphatic rings. The number of rotatable bonds is 4. The van der Waals surface area contributed by atoms with Crippen molar-refractivity contribution in [3.8, 4) is 5.75 Å². The van der Waals surface area contributed by atoms with Gasteiger partial charge in [-0.25, -0.2) is 0 Å². The molecule has 0 fully saturated rings. The van der Waals surface area contributed by atoms with Crippen molar-refractivity contribution in [2.24, 2.45) is 0 Å². The summed E-state index contributed by atoms with van der Waals surface area (Å²) in [5, 5.41) is 3.58. The van der Waals surface area contributed by atoms with Crippen molar-refractivity contribution in [3.63, 3.8) is 0 Å². The molecule has 3 nitrogen and oxygen atoms in total. The predicted octanol–water partition coefficient (Wildman–Crippen LogP) is 3.64. The zero-order valence-corrected chi connectivity index (χ0v) is 12.6. The van der Waals surface area contributed by atoms with Crippen LogP contribution in [0.25, 0.3) is 0 Å². The third-order valence-electron chi connectivity index (χ3n) is 3.72. The van der Waals surface area contributed by atoms with Crippen LogP contribution in [0, 0.1) is 0 Å². The van der Waals surface area contributed by atoms with Crippen LogP contribution in [0.5, 0.6) is 5.75 Å². The third kappa shape index (κ3) is 3.30. The topological polar surface area (TPSA) is 47.3 Å². The van der Waals surface area contributed by atoms with Gasteiger partial charge >= 0.3 is 0 Å². The summed E-state index contributed by atoms with van der Waals surface area (Å²) < 4.78 is 5.74. The van der Waals surface area contributed by atoms with Gasteiger partial charge in [0.1, 0.15) is 5.75 Å². The van der Waals surface area contributed by atoms with Crippen LogP contribution in [-0.4, -0.2) is 12.1 Å². The monoisotopic (exact) mass is 282 g/mol. The smallest absolute Gasteiger partial charge is 0.123 e. The lowest BCUT2D eigenvalue weighted by Gasteiger charge is -2.17. The largest absolute Gasteiger partial charge is 0.491 e. The Hall–Kier alpha value is -2.16. The Morgan fingerprint density at radius 3 is 2.38 bits per heavy atom. The van der Waals surface area contributed by atoms with E-state index in [1.807, 2.05) is 32.0 Å². The van der Waals surface area contributed by atoms with Crippen LogP contribution < -0.4 is 15.8 Å². The van der Waals surface area contributed by atoms with Crippen LogP contribution in [0.4, 0.5) is 11.4 Å². The summed E-state index contributed by atoms with van der Waals surface area (Å²) in [5.74, 6) is 0.822. The van der Waals surface area contributed by atoms with E-state index < -0.39 is 0 Å². The molecule has 1 aliphatic carbocycles. The van der Waals surface area contributed by atoms with Crippen LogP contribution in [0.2, 0.25) is 0 Å². The van der Waals surface area contributed by atoms with E-state index in [-0.39, 0.29) is 6.10 Å². The second-order valence-corrected chi connectivity index (χ2v) is 5.98. The Bertz CT molecular complexity index is 612. The summed E-state index contributed by atoms with van der Waals surface area (Å²) in [6, 6.07) is 14.9. The minimum Gasteiger partial charge on any atom is -0.491 e. The number of hydrogen-bond acceptors (Lipinski definition) is 3. The molecule has 0 saturated carbocycles. The van der Waals surface area contributed by atoms with Crippen molar-refractivity contribution in [2.75, 3.05) is 11.1 Å². The highest BCUT2D eigenvalue weighted by Gasteiger charge is 2.20. The van der Waals surface area contributed by atoms with E-state index in [4.69, 9.17) is 10.5 Å². The van der Waals surface area contributed by atoms with Gasteiger partial charge in [0, 0.05) is 29.5 Å². The normalized spacial score (nSPS) is 14.2. The second kappa shape index (κ2) is 5.68. The predicted molar refractivity (Wildman–Crippen MR) is 87.9 cm³/mol. The summed E-state index contributed by atoms with van der Waals surface area (Å²) in [5.41, 5.74) is 10.6. The highest BCUT2D eigenvalue weighted by Crippen LogP contribution is 2.28. The lowest BCUT2D eigenvalue weighted by Crippen LogP contribution is -2.19. The first kappa shape index (κ1) is 13.8. The number of benzene rings is 2. The molecule has 0 bridgehead atoms. The highest BCUT2D eigenvalue weighted by molar-refractivity contribution is 5.60. The maximum absolute atomic E-state index is 5.97. The Balaban J connectivity index is 1.73. The van der Waals surface area contributed by atoms with Crippen molar-refractivity contribution >= 4 is 11.4 Å². The van der Waals surface area contributed by atoms with Crippen LogP contribution in [0.3, 0.4) is 0 Å². The Labute approximate surface area is 126 Å². The number of fused-ring (bicyclic) bond motifs is 1. The molecule has 0 heterocycles. The van der Waals surface area contributed by atoms with Crippen molar-refractivity contribution in [2.45, 2.75) is 38.8 Å². The number of nitrogen functional groups attached to an aromatic ring is 1. The first-order chi connectivity index (χ1) is 10.1. The second-order valence-electron chi connectivity index (χ2n) is 5.98. The highest BCUT2D eigenvalue weighted by atomic mass is 16.5. The van der Waals surface area contributed by atoms with Crippen LogP contribution in [0.1, 0.15) is 25.0 Å². The van der Waals surface area contributed by atoms with Gasteiger partial charge in [-0.05, 0) is 43.9 Å². The van der Waals surface area contributed by atoms with Crippen molar-refractivity contribution in [1.29, 1.82) is 0 Å². The molecule has 0 atom stereocenters. The Morgan fingerprint density at radius 2 is 1.76 bits per heavy atom. The molecule has 0 spiro atoms. The molecule has 2 aromatic rings. The number of anilines is 2. The standard InChI is InChI=1S/C18H22N2O/c1-12(2)21-18-10-15(19)9-17(11-18)20-16-7-13-5-3-4-6-14(13)8-16/h3-6,9-12,16,20H,7-8,19H2,1-2H3. The molecular weight excluding hydrogens is 260 g/mol. The fourth-order valence-corrected chi connectivity index (χ4v) is 2.94. The van der Waals surface area contributed by atoms with E-state index in [1.165, 1.54) is 11.1 Å². The minimum absolute atomic E-state index is 0.149. The van der Waals surface area contributed by atoms with Gasteiger partial charge in [-0.1, -0.05) is 24.3 Å². The minimum atomic E-state index is 0.149. The van der Waals surface area contributed by atoms with E-state index in [2.05, 4.69) is 29.6 Å². The molecule has 0 saturated heterocycles. The number of nitrogens with two attached hydrogens (primary N) is 1. The van der Waals surface area contributed by atoms with E-state index in [9.17, 15) is 0 Å². The molecule has 3 rings (SSSR count). The first-order valence-electron chi connectivity index (χ1n) is 7.50. The molecule has 0 aromatic heterocycles. The molecule has 3 heteroatoms. The molecule has 3 N–H and O–H groups in total. The molecule has 110 valence electrons. The third-order valence-corrected chi connectivity index (χ3v) is 3.72. The zero-order valence-electron chi connectivity index (χ0n) is 12.6. The van der Waals surface area contributed by atoms with Gasteiger partial charge in [0.2, 0.25) is 0 Å². The SMILES string of the molecule is CC(C)Oc1cc(N)cc(NC2Cc3ccccc3C2)c1. The first-order valence-corrected chi connectivity index (χ1v) is 7.50. The van der Waals surface area contributed by atoms with E-state index in [0.29, 0.717) is 6.04 Å². The average Bonchev–Trinajstić information content (AvgIpc) is 2.78. The quantitative estimate of drug-likeness (QED) is 0.842. The van der Waals surface area contributed by atoms with Crippen LogP contribution in [0.15, 0.2) is 42.5 Å². The molecule has 0 unspecified atom stereocenters. The van der Waals surface area contributed by atoms with E-state index in [0.717, 1.165) is 30.0 Å². The summed E-state index contributed by atoms with van der Waals surface area (Å²) in [4.78, 5) is 0. The molecule has 0 radical (unpaired) electrons.